The molecular formula is C12H10F5NO2. The Morgan fingerprint density at radius 1 is 1.25 bits per heavy atom. The number of carbonyl (C=O) groups is 1. The van der Waals surface area contributed by atoms with E-state index in [1.54, 1.807) is 0 Å². The molecule has 0 amide bonds. The second kappa shape index (κ2) is 4.92. The molecule has 20 heavy (non-hydrogen) atoms. The quantitative estimate of drug-likeness (QED) is 0.867. The zero-order valence-corrected chi connectivity index (χ0v) is 10.0. The summed E-state index contributed by atoms with van der Waals surface area (Å²) in [5.74, 6) is -4.90. The lowest BCUT2D eigenvalue weighted by molar-refractivity contribution is -0.120. The Morgan fingerprint density at radius 2 is 1.85 bits per heavy atom. The molecule has 8 heteroatoms. The third-order valence-electron chi connectivity index (χ3n) is 2.94. The molecule has 1 N–H and O–H groups in total. The van der Waals surface area contributed by atoms with E-state index in [0.29, 0.717) is 12.8 Å². The molecule has 1 saturated carbocycles. The van der Waals surface area contributed by atoms with Crippen LogP contribution >= 0.6 is 0 Å². The van der Waals surface area contributed by atoms with Gasteiger partial charge in [-0.1, -0.05) is 0 Å². The van der Waals surface area contributed by atoms with Crippen LogP contribution in [-0.2, 0) is 0 Å². The highest BCUT2D eigenvalue weighted by Crippen LogP contribution is 2.36. The van der Waals surface area contributed by atoms with Gasteiger partial charge in [0.25, 0.3) is 0 Å². The van der Waals surface area contributed by atoms with Crippen LogP contribution in [0, 0.1) is 11.6 Å². The molecule has 0 aromatic heterocycles. The highest BCUT2D eigenvalue weighted by molar-refractivity contribution is 5.88. The van der Waals surface area contributed by atoms with Gasteiger partial charge in [0.05, 0.1) is 11.3 Å². The molecule has 1 aliphatic carbocycles. The van der Waals surface area contributed by atoms with Crippen molar-refractivity contribution in [2.45, 2.75) is 25.1 Å². The summed E-state index contributed by atoms with van der Waals surface area (Å²) < 4.78 is 64.7. The van der Waals surface area contributed by atoms with Crippen LogP contribution in [0.25, 0.3) is 0 Å². The Bertz CT molecular complexity index is 539. The fourth-order valence-corrected chi connectivity index (χ4v) is 1.92. The minimum atomic E-state index is -4.56. The Morgan fingerprint density at radius 3 is 2.30 bits per heavy atom. The SMILES string of the molecule is O=C(O)c1ccc(N(CC(F)(F)F)C2CC2)c(F)c1F. The van der Waals surface area contributed by atoms with Gasteiger partial charge in [0.2, 0.25) is 0 Å². The first-order chi connectivity index (χ1) is 9.20. The van der Waals surface area contributed by atoms with Gasteiger partial charge < -0.3 is 10.0 Å². The zero-order valence-electron chi connectivity index (χ0n) is 10.0. The Hall–Kier alpha value is -1.86. The number of benzene rings is 1. The molecular weight excluding hydrogens is 285 g/mol. The van der Waals surface area contributed by atoms with E-state index in [-0.39, 0.29) is 0 Å². The number of rotatable bonds is 4. The topological polar surface area (TPSA) is 40.5 Å². The number of nitrogens with zero attached hydrogens (tertiary/aromatic N) is 1. The van der Waals surface area contributed by atoms with Gasteiger partial charge in [-0.05, 0) is 25.0 Å². The highest BCUT2D eigenvalue weighted by Gasteiger charge is 2.39. The standard InChI is InChI=1S/C12H10F5NO2/c13-9-7(11(19)20)3-4-8(10(9)14)18(6-1-2-6)5-12(15,16)17/h3-4,6H,1-2,5H2,(H,19,20). The second-order valence-corrected chi connectivity index (χ2v) is 4.54. The van der Waals surface area contributed by atoms with E-state index in [2.05, 4.69) is 0 Å². The monoisotopic (exact) mass is 295 g/mol. The highest BCUT2D eigenvalue weighted by atomic mass is 19.4. The average Bonchev–Trinajstić information content (AvgIpc) is 3.12. The molecule has 2 rings (SSSR count). The second-order valence-electron chi connectivity index (χ2n) is 4.54. The fraction of sp³-hybridized carbons (Fsp3) is 0.417. The van der Waals surface area contributed by atoms with Crippen LogP contribution in [0.4, 0.5) is 27.6 Å². The summed E-state index contributed by atoms with van der Waals surface area (Å²) in [4.78, 5) is 11.4. The zero-order chi connectivity index (χ0) is 15.1. The molecule has 0 unspecified atom stereocenters. The Balaban J connectivity index is 2.39. The number of carboxylic acid groups (broad SMARTS) is 1. The minimum absolute atomic E-state index is 0.456. The molecule has 1 aliphatic rings. The van der Waals surface area contributed by atoms with Crippen molar-refractivity contribution < 1.29 is 31.9 Å². The maximum Gasteiger partial charge on any atom is 0.405 e. The maximum absolute atomic E-state index is 13.8. The van der Waals surface area contributed by atoms with E-state index in [4.69, 9.17) is 5.11 Å². The predicted octanol–water partition coefficient (Wildman–Crippen LogP) is 3.19. The molecule has 0 heterocycles. The van der Waals surface area contributed by atoms with Crippen molar-refractivity contribution >= 4 is 11.7 Å². The van der Waals surface area contributed by atoms with Gasteiger partial charge in [-0.25, -0.2) is 13.6 Å². The lowest BCUT2D eigenvalue weighted by Crippen LogP contribution is -2.36. The van der Waals surface area contributed by atoms with Crippen LogP contribution in [0.5, 0.6) is 0 Å². The van der Waals surface area contributed by atoms with Gasteiger partial charge in [0, 0.05) is 6.04 Å². The van der Waals surface area contributed by atoms with Gasteiger partial charge in [-0.3, -0.25) is 0 Å². The summed E-state index contributed by atoms with van der Waals surface area (Å²) in [5, 5.41) is 8.63. The molecule has 1 fully saturated rings. The molecule has 110 valence electrons. The number of alkyl halides is 3. The van der Waals surface area contributed by atoms with Crippen LogP contribution in [0.1, 0.15) is 23.2 Å². The first-order valence-corrected chi connectivity index (χ1v) is 5.75. The van der Waals surface area contributed by atoms with Crippen molar-refractivity contribution in [2.24, 2.45) is 0 Å². The molecule has 3 nitrogen and oxygen atoms in total. The molecule has 0 radical (unpaired) electrons. The number of halogens is 5. The number of carboxylic acids is 1. The Labute approximate surface area is 110 Å². The largest absolute Gasteiger partial charge is 0.478 e. The van der Waals surface area contributed by atoms with Crippen LogP contribution in [0.3, 0.4) is 0 Å². The molecule has 1 aromatic rings. The van der Waals surface area contributed by atoms with E-state index in [1.807, 2.05) is 0 Å². The molecule has 0 aliphatic heterocycles. The van der Waals surface area contributed by atoms with Crippen molar-refractivity contribution in [3.8, 4) is 0 Å². The van der Waals surface area contributed by atoms with Crippen LogP contribution in [-0.4, -0.2) is 29.8 Å². The third-order valence-corrected chi connectivity index (χ3v) is 2.94. The van der Waals surface area contributed by atoms with Crippen molar-refractivity contribution in [2.75, 3.05) is 11.4 Å². The number of anilines is 1. The summed E-state index contributed by atoms with van der Waals surface area (Å²) in [6, 6.07) is 1.13. The molecule has 0 bridgehead atoms. The summed E-state index contributed by atoms with van der Waals surface area (Å²) in [6.07, 6.45) is -3.65. The van der Waals surface area contributed by atoms with Gasteiger partial charge in [0.1, 0.15) is 6.54 Å². The number of hydrogen-bond acceptors (Lipinski definition) is 2. The summed E-state index contributed by atoms with van der Waals surface area (Å²) in [7, 11) is 0. The first kappa shape index (κ1) is 14.5. The van der Waals surface area contributed by atoms with Crippen LogP contribution in [0.2, 0.25) is 0 Å². The lowest BCUT2D eigenvalue weighted by atomic mass is 10.1. The smallest absolute Gasteiger partial charge is 0.405 e. The Kier molecular flexibility index (Phi) is 3.58. The third kappa shape index (κ3) is 3.00. The molecule has 1 aromatic carbocycles. The minimum Gasteiger partial charge on any atom is -0.478 e. The van der Waals surface area contributed by atoms with Crippen LogP contribution < -0.4 is 4.90 Å². The number of hydrogen-bond donors (Lipinski definition) is 1. The summed E-state index contributed by atoms with van der Waals surface area (Å²) in [6.45, 7) is -1.40. The van der Waals surface area contributed by atoms with E-state index >= 15 is 0 Å². The maximum atomic E-state index is 13.8. The van der Waals surface area contributed by atoms with Crippen molar-refractivity contribution in [3.63, 3.8) is 0 Å². The van der Waals surface area contributed by atoms with E-state index in [0.717, 1.165) is 17.0 Å². The van der Waals surface area contributed by atoms with Crippen molar-refractivity contribution in [1.82, 2.24) is 0 Å². The molecule has 0 atom stereocenters. The van der Waals surface area contributed by atoms with Gasteiger partial charge >= 0.3 is 12.1 Å². The molecule has 0 spiro atoms. The van der Waals surface area contributed by atoms with E-state index < -0.39 is 47.6 Å². The van der Waals surface area contributed by atoms with Crippen molar-refractivity contribution in [1.29, 1.82) is 0 Å². The lowest BCUT2D eigenvalue weighted by Gasteiger charge is -2.26. The van der Waals surface area contributed by atoms with Gasteiger partial charge in [-0.2, -0.15) is 13.2 Å². The van der Waals surface area contributed by atoms with E-state index in [1.165, 1.54) is 0 Å². The number of aromatic carboxylic acids is 1. The summed E-state index contributed by atoms with van der Waals surface area (Å²) >= 11 is 0. The molecule has 0 saturated heterocycles. The van der Waals surface area contributed by atoms with Gasteiger partial charge in [-0.15, -0.1) is 0 Å². The van der Waals surface area contributed by atoms with Crippen LogP contribution in [0.15, 0.2) is 12.1 Å². The fourth-order valence-electron chi connectivity index (χ4n) is 1.92. The normalized spacial score (nSPS) is 15.2. The average molecular weight is 295 g/mol. The van der Waals surface area contributed by atoms with Crippen molar-refractivity contribution in [3.05, 3.63) is 29.3 Å². The first-order valence-electron chi connectivity index (χ1n) is 5.75. The predicted molar refractivity (Wildman–Crippen MR) is 59.7 cm³/mol. The summed E-state index contributed by atoms with van der Waals surface area (Å²) in [5.41, 5.74) is -1.47. The van der Waals surface area contributed by atoms with Gasteiger partial charge in [0.15, 0.2) is 11.6 Å². The van der Waals surface area contributed by atoms with E-state index in [9.17, 15) is 26.7 Å².